The zero-order valence-electron chi connectivity index (χ0n) is 7.91. The number of para-hydroxylation sites is 2. The van der Waals surface area contributed by atoms with E-state index >= 15 is 0 Å². The Balaban J connectivity index is 2.49. The van der Waals surface area contributed by atoms with E-state index in [1.54, 1.807) is 0 Å². The van der Waals surface area contributed by atoms with E-state index in [0.717, 1.165) is 23.5 Å². The molecule has 0 saturated heterocycles. The van der Waals surface area contributed by atoms with Crippen LogP contribution in [0.25, 0.3) is 11.0 Å². The number of hydrogen-bond donors (Lipinski definition) is 1. The van der Waals surface area contributed by atoms with Crippen molar-refractivity contribution in [3.63, 3.8) is 0 Å². The molecule has 2 aromatic rings. The van der Waals surface area contributed by atoms with E-state index in [4.69, 9.17) is 0 Å². The van der Waals surface area contributed by atoms with Gasteiger partial charge in [0.05, 0.1) is 11.0 Å². The van der Waals surface area contributed by atoms with Crippen molar-refractivity contribution < 1.29 is 0 Å². The van der Waals surface area contributed by atoms with Gasteiger partial charge >= 0.3 is 0 Å². The van der Waals surface area contributed by atoms with E-state index in [9.17, 15) is 0 Å². The van der Waals surface area contributed by atoms with Gasteiger partial charge in [0.15, 0.2) is 0 Å². The van der Waals surface area contributed by atoms with Crippen LogP contribution in [0.4, 0.5) is 5.95 Å². The minimum Gasteiger partial charge on any atom is -0.346 e. The van der Waals surface area contributed by atoms with Gasteiger partial charge in [0, 0.05) is 13.6 Å². The van der Waals surface area contributed by atoms with Gasteiger partial charge in [-0.2, -0.15) is 0 Å². The summed E-state index contributed by atoms with van der Waals surface area (Å²) in [6.45, 7) is 3.06. The normalized spacial score (nSPS) is 10.6. The minimum atomic E-state index is 0.934. The van der Waals surface area contributed by atoms with E-state index < -0.39 is 0 Å². The van der Waals surface area contributed by atoms with Crippen molar-refractivity contribution in [2.45, 2.75) is 6.92 Å². The van der Waals surface area contributed by atoms with Crippen LogP contribution < -0.4 is 4.90 Å². The fourth-order valence-corrected chi connectivity index (χ4v) is 1.27. The Morgan fingerprint density at radius 2 is 2.15 bits per heavy atom. The average molecular weight is 175 g/mol. The molecule has 1 heterocycles. The number of fused-ring (bicyclic) bond motifs is 1. The fraction of sp³-hybridized carbons (Fsp3) is 0.300. The first-order chi connectivity index (χ1) is 6.31. The quantitative estimate of drug-likeness (QED) is 0.757. The van der Waals surface area contributed by atoms with E-state index in [1.807, 2.05) is 31.3 Å². The first-order valence-electron chi connectivity index (χ1n) is 4.47. The maximum Gasteiger partial charge on any atom is 0.203 e. The van der Waals surface area contributed by atoms with Gasteiger partial charge in [-0.15, -0.1) is 0 Å². The number of aromatic amines is 1. The average Bonchev–Trinajstić information content (AvgIpc) is 2.59. The third-order valence-corrected chi connectivity index (χ3v) is 2.21. The molecule has 1 aromatic heterocycles. The van der Waals surface area contributed by atoms with Gasteiger partial charge < -0.3 is 9.88 Å². The number of H-pyrrole nitrogens is 1. The molecule has 0 spiro atoms. The number of imidazole rings is 1. The molecule has 1 N–H and O–H groups in total. The van der Waals surface area contributed by atoms with Gasteiger partial charge in [0.1, 0.15) is 0 Å². The van der Waals surface area contributed by atoms with Crippen molar-refractivity contribution in [2.75, 3.05) is 18.5 Å². The van der Waals surface area contributed by atoms with Gasteiger partial charge in [0.25, 0.3) is 0 Å². The van der Waals surface area contributed by atoms with E-state index in [1.165, 1.54) is 0 Å². The summed E-state index contributed by atoms with van der Waals surface area (Å²) >= 11 is 0. The number of nitrogens with zero attached hydrogens (tertiary/aromatic N) is 2. The molecule has 0 atom stereocenters. The first kappa shape index (κ1) is 8.10. The standard InChI is InChI=1S/C10H13N3/c1-3-13(2)10-11-8-6-4-5-7-9(8)12-10/h4-7H,3H2,1-2H3,(H,11,12). The molecule has 0 amide bonds. The number of hydrogen-bond acceptors (Lipinski definition) is 2. The topological polar surface area (TPSA) is 31.9 Å². The largest absolute Gasteiger partial charge is 0.346 e. The maximum atomic E-state index is 4.45. The Morgan fingerprint density at radius 3 is 2.85 bits per heavy atom. The van der Waals surface area contributed by atoms with Crippen LogP contribution in [0.15, 0.2) is 24.3 Å². The maximum absolute atomic E-state index is 4.45. The van der Waals surface area contributed by atoms with E-state index in [2.05, 4.69) is 21.8 Å². The molecule has 0 aliphatic rings. The van der Waals surface area contributed by atoms with Crippen molar-refractivity contribution in [1.29, 1.82) is 0 Å². The van der Waals surface area contributed by atoms with Crippen LogP contribution in [-0.4, -0.2) is 23.6 Å². The molecule has 13 heavy (non-hydrogen) atoms. The third kappa shape index (κ3) is 1.37. The Labute approximate surface area is 77.4 Å². The summed E-state index contributed by atoms with van der Waals surface area (Å²) in [5, 5.41) is 0. The lowest BCUT2D eigenvalue weighted by Crippen LogP contribution is -2.16. The highest BCUT2D eigenvalue weighted by molar-refractivity contribution is 5.77. The highest BCUT2D eigenvalue weighted by Gasteiger charge is 2.03. The summed E-state index contributed by atoms with van der Waals surface area (Å²) in [6.07, 6.45) is 0. The minimum absolute atomic E-state index is 0.934. The predicted octanol–water partition coefficient (Wildman–Crippen LogP) is 2.02. The van der Waals surface area contributed by atoms with Crippen molar-refractivity contribution in [2.24, 2.45) is 0 Å². The summed E-state index contributed by atoms with van der Waals surface area (Å²) in [7, 11) is 2.03. The first-order valence-corrected chi connectivity index (χ1v) is 4.47. The van der Waals surface area contributed by atoms with Gasteiger partial charge in [-0.1, -0.05) is 12.1 Å². The Morgan fingerprint density at radius 1 is 1.38 bits per heavy atom. The van der Waals surface area contributed by atoms with Gasteiger partial charge in [-0.25, -0.2) is 4.98 Å². The van der Waals surface area contributed by atoms with Crippen LogP contribution in [0.3, 0.4) is 0 Å². The van der Waals surface area contributed by atoms with Crippen LogP contribution >= 0.6 is 0 Å². The smallest absolute Gasteiger partial charge is 0.203 e. The molecule has 2 rings (SSSR count). The fourth-order valence-electron chi connectivity index (χ4n) is 1.27. The van der Waals surface area contributed by atoms with Crippen molar-refractivity contribution >= 4 is 17.0 Å². The highest BCUT2D eigenvalue weighted by atomic mass is 15.2. The van der Waals surface area contributed by atoms with Crippen LogP contribution in [-0.2, 0) is 0 Å². The van der Waals surface area contributed by atoms with Crippen LogP contribution in [0.5, 0.6) is 0 Å². The zero-order valence-corrected chi connectivity index (χ0v) is 7.91. The second kappa shape index (κ2) is 3.09. The highest BCUT2D eigenvalue weighted by Crippen LogP contribution is 2.15. The summed E-state index contributed by atoms with van der Waals surface area (Å²) in [4.78, 5) is 9.80. The molecule has 0 aliphatic heterocycles. The van der Waals surface area contributed by atoms with Crippen molar-refractivity contribution in [1.82, 2.24) is 9.97 Å². The molecule has 3 heteroatoms. The number of nitrogens with one attached hydrogen (secondary N) is 1. The Bertz CT molecular complexity index is 372. The van der Waals surface area contributed by atoms with E-state index in [0.29, 0.717) is 0 Å². The van der Waals surface area contributed by atoms with Gasteiger partial charge in [-0.05, 0) is 19.1 Å². The molecule has 3 nitrogen and oxygen atoms in total. The molecule has 0 unspecified atom stereocenters. The second-order valence-corrected chi connectivity index (χ2v) is 3.09. The molecular formula is C10H13N3. The number of rotatable bonds is 2. The molecular weight excluding hydrogens is 162 g/mol. The summed E-state index contributed by atoms with van der Waals surface area (Å²) in [5.74, 6) is 0.934. The molecule has 0 bridgehead atoms. The second-order valence-electron chi connectivity index (χ2n) is 3.09. The number of anilines is 1. The molecule has 0 aliphatic carbocycles. The predicted molar refractivity (Wildman–Crippen MR) is 55.0 cm³/mol. The third-order valence-electron chi connectivity index (χ3n) is 2.21. The summed E-state index contributed by atoms with van der Waals surface area (Å²) in [6, 6.07) is 8.06. The zero-order chi connectivity index (χ0) is 9.26. The number of benzene rings is 1. The SMILES string of the molecule is CCN(C)c1nc2ccccc2[nH]1. The molecule has 0 radical (unpaired) electrons. The van der Waals surface area contributed by atoms with Crippen LogP contribution in [0, 0.1) is 0 Å². The van der Waals surface area contributed by atoms with Crippen molar-refractivity contribution in [3.8, 4) is 0 Å². The Hall–Kier alpha value is -1.51. The molecule has 0 saturated carbocycles. The Kier molecular flexibility index (Phi) is 1.93. The van der Waals surface area contributed by atoms with E-state index in [-0.39, 0.29) is 0 Å². The van der Waals surface area contributed by atoms with Gasteiger partial charge in [-0.3, -0.25) is 0 Å². The van der Waals surface area contributed by atoms with Crippen LogP contribution in [0.1, 0.15) is 6.92 Å². The summed E-state index contributed by atoms with van der Waals surface area (Å²) < 4.78 is 0. The lowest BCUT2D eigenvalue weighted by atomic mass is 10.3. The molecule has 0 fully saturated rings. The lowest BCUT2D eigenvalue weighted by molar-refractivity contribution is 0.924. The monoisotopic (exact) mass is 175 g/mol. The molecule has 1 aromatic carbocycles. The summed E-state index contributed by atoms with van der Waals surface area (Å²) in [5.41, 5.74) is 2.12. The lowest BCUT2D eigenvalue weighted by Gasteiger charge is -2.11. The van der Waals surface area contributed by atoms with Crippen molar-refractivity contribution in [3.05, 3.63) is 24.3 Å². The number of aromatic nitrogens is 2. The molecule has 68 valence electrons. The van der Waals surface area contributed by atoms with Crippen LogP contribution in [0.2, 0.25) is 0 Å². The van der Waals surface area contributed by atoms with Gasteiger partial charge in [0.2, 0.25) is 5.95 Å².